The van der Waals surface area contributed by atoms with Crippen LogP contribution < -0.4 is 14.8 Å². The van der Waals surface area contributed by atoms with Crippen LogP contribution in [-0.2, 0) is 4.79 Å². The first kappa shape index (κ1) is 19.1. The van der Waals surface area contributed by atoms with Crippen LogP contribution in [0.4, 0.5) is 5.13 Å². The Labute approximate surface area is 169 Å². The van der Waals surface area contributed by atoms with Crippen LogP contribution in [0.5, 0.6) is 11.5 Å². The second-order valence-corrected chi connectivity index (χ2v) is 7.03. The fourth-order valence-corrected chi connectivity index (χ4v) is 3.12. The molecule has 0 radical (unpaired) electrons. The van der Waals surface area contributed by atoms with Gasteiger partial charge >= 0.3 is 0 Å². The normalized spacial score (nSPS) is 10.8. The molecule has 6 nitrogen and oxygen atoms in total. The predicted molar refractivity (Wildman–Crippen MR) is 110 cm³/mol. The molecule has 138 valence electrons. The zero-order valence-corrected chi connectivity index (χ0v) is 17.0. The molecule has 0 unspecified atom stereocenters. The third-order valence-electron chi connectivity index (χ3n) is 3.59. The van der Waals surface area contributed by atoms with Gasteiger partial charge in [0, 0.05) is 27.6 Å². The molecule has 0 saturated carbocycles. The lowest BCUT2D eigenvalue weighted by Crippen LogP contribution is -2.07. The van der Waals surface area contributed by atoms with E-state index in [0.717, 1.165) is 27.1 Å². The van der Waals surface area contributed by atoms with E-state index in [1.807, 2.05) is 30.3 Å². The van der Waals surface area contributed by atoms with Crippen molar-refractivity contribution in [2.24, 2.45) is 0 Å². The number of carbonyl (C=O) groups is 1. The molecule has 3 aromatic rings. The van der Waals surface area contributed by atoms with Gasteiger partial charge in [-0.1, -0.05) is 34.1 Å². The number of aromatic nitrogens is 2. The summed E-state index contributed by atoms with van der Waals surface area (Å²) in [6.07, 6.45) is 3.12. The molecule has 0 atom stereocenters. The van der Waals surface area contributed by atoms with Crippen molar-refractivity contribution >= 4 is 44.6 Å². The summed E-state index contributed by atoms with van der Waals surface area (Å²) < 4.78 is 15.7. The van der Waals surface area contributed by atoms with Crippen molar-refractivity contribution < 1.29 is 14.3 Å². The first-order valence-corrected chi connectivity index (χ1v) is 9.46. The molecule has 1 N–H and O–H groups in total. The highest BCUT2D eigenvalue weighted by atomic mass is 79.9. The lowest BCUT2D eigenvalue weighted by molar-refractivity contribution is -0.111. The third kappa shape index (κ3) is 4.93. The van der Waals surface area contributed by atoms with Gasteiger partial charge in [0.1, 0.15) is 0 Å². The van der Waals surface area contributed by atoms with E-state index in [9.17, 15) is 4.79 Å². The summed E-state index contributed by atoms with van der Waals surface area (Å²) in [5, 5.41) is 3.16. The van der Waals surface area contributed by atoms with Gasteiger partial charge in [0.15, 0.2) is 17.3 Å². The van der Waals surface area contributed by atoms with Crippen LogP contribution in [0, 0.1) is 0 Å². The zero-order valence-electron chi connectivity index (χ0n) is 14.6. The smallest absolute Gasteiger partial charge is 0.250 e. The van der Waals surface area contributed by atoms with Crippen molar-refractivity contribution in [3.8, 4) is 22.9 Å². The van der Waals surface area contributed by atoms with Crippen LogP contribution in [0.25, 0.3) is 17.5 Å². The van der Waals surface area contributed by atoms with Crippen LogP contribution in [-0.4, -0.2) is 29.5 Å². The molecule has 0 fully saturated rings. The van der Waals surface area contributed by atoms with Gasteiger partial charge in [-0.15, -0.1) is 0 Å². The largest absolute Gasteiger partial charge is 0.493 e. The van der Waals surface area contributed by atoms with E-state index in [1.54, 1.807) is 32.4 Å². The van der Waals surface area contributed by atoms with Gasteiger partial charge in [-0.05, 0) is 35.9 Å². The molecule has 27 heavy (non-hydrogen) atoms. The Morgan fingerprint density at radius 3 is 2.56 bits per heavy atom. The van der Waals surface area contributed by atoms with Crippen molar-refractivity contribution in [2.75, 3.05) is 19.5 Å². The number of rotatable bonds is 6. The zero-order chi connectivity index (χ0) is 19.2. The molecule has 0 saturated heterocycles. The molecular formula is C19H16BrN3O3S. The van der Waals surface area contributed by atoms with Crippen LogP contribution in [0.15, 0.2) is 53.0 Å². The number of anilines is 1. The van der Waals surface area contributed by atoms with Crippen LogP contribution >= 0.6 is 27.5 Å². The standard InChI is InChI=1S/C19H16BrN3O3S/c1-25-15-9-3-12(11-16(15)26-2)4-10-17(24)21-19-22-18(23-27-19)13-5-7-14(20)8-6-13/h3-11H,1-2H3,(H,21,22,23,24). The molecule has 0 aliphatic rings. The molecule has 0 spiro atoms. The summed E-state index contributed by atoms with van der Waals surface area (Å²) in [6, 6.07) is 13.1. The van der Waals surface area contributed by atoms with Gasteiger partial charge in [-0.2, -0.15) is 9.36 Å². The van der Waals surface area contributed by atoms with Crippen molar-refractivity contribution in [1.29, 1.82) is 0 Å². The van der Waals surface area contributed by atoms with Crippen molar-refractivity contribution in [3.63, 3.8) is 0 Å². The third-order valence-corrected chi connectivity index (χ3v) is 4.75. The Bertz CT molecular complexity index is 971. The monoisotopic (exact) mass is 445 g/mol. The number of methoxy groups -OCH3 is 2. The SMILES string of the molecule is COc1ccc(C=CC(=O)Nc2nc(-c3ccc(Br)cc3)ns2)cc1OC. The maximum absolute atomic E-state index is 12.1. The van der Waals surface area contributed by atoms with Gasteiger partial charge < -0.3 is 9.47 Å². The predicted octanol–water partition coefficient (Wildman–Crippen LogP) is 4.64. The number of nitrogens with one attached hydrogen (secondary N) is 1. The highest BCUT2D eigenvalue weighted by Gasteiger charge is 2.08. The Hall–Kier alpha value is -2.71. The first-order chi connectivity index (χ1) is 13.1. The second kappa shape index (κ2) is 8.79. The van der Waals surface area contributed by atoms with Gasteiger partial charge in [0.2, 0.25) is 11.0 Å². The second-order valence-electron chi connectivity index (χ2n) is 5.37. The minimum atomic E-state index is -0.289. The minimum absolute atomic E-state index is 0.289. The van der Waals surface area contributed by atoms with E-state index in [4.69, 9.17) is 9.47 Å². The molecule has 0 aliphatic carbocycles. The van der Waals surface area contributed by atoms with E-state index in [1.165, 1.54) is 6.08 Å². The quantitative estimate of drug-likeness (QED) is 0.559. The first-order valence-electron chi connectivity index (χ1n) is 7.90. The van der Waals surface area contributed by atoms with Gasteiger partial charge in [0.25, 0.3) is 0 Å². The Balaban J connectivity index is 1.66. The highest BCUT2D eigenvalue weighted by Crippen LogP contribution is 2.28. The summed E-state index contributed by atoms with van der Waals surface area (Å²) in [6.45, 7) is 0. The Morgan fingerprint density at radius 2 is 1.85 bits per heavy atom. The average molecular weight is 446 g/mol. The van der Waals surface area contributed by atoms with Gasteiger partial charge in [0.05, 0.1) is 14.2 Å². The summed E-state index contributed by atoms with van der Waals surface area (Å²) >= 11 is 4.53. The number of carbonyl (C=O) groups excluding carboxylic acids is 1. The molecule has 1 heterocycles. The average Bonchev–Trinajstić information content (AvgIpc) is 3.15. The van der Waals surface area contributed by atoms with Gasteiger partial charge in [-0.3, -0.25) is 10.1 Å². The summed E-state index contributed by atoms with van der Waals surface area (Å²) in [5.74, 6) is 1.52. The molecule has 0 bridgehead atoms. The van der Waals surface area contributed by atoms with Crippen molar-refractivity contribution in [3.05, 3.63) is 58.6 Å². The van der Waals surface area contributed by atoms with E-state index >= 15 is 0 Å². The fraction of sp³-hybridized carbons (Fsp3) is 0.105. The maximum Gasteiger partial charge on any atom is 0.250 e. The number of halogens is 1. The summed E-state index contributed by atoms with van der Waals surface area (Å²) in [4.78, 5) is 16.5. The number of hydrogen-bond acceptors (Lipinski definition) is 6. The summed E-state index contributed by atoms with van der Waals surface area (Å²) in [7, 11) is 3.14. The topological polar surface area (TPSA) is 73.3 Å². The number of hydrogen-bond donors (Lipinski definition) is 1. The van der Waals surface area contributed by atoms with Gasteiger partial charge in [-0.25, -0.2) is 0 Å². The molecule has 8 heteroatoms. The maximum atomic E-state index is 12.1. The minimum Gasteiger partial charge on any atom is -0.493 e. The van der Waals surface area contributed by atoms with E-state index in [0.29, 0.717) is 22.5 Å². The fourth-order valence-electron chi connectivity index (χ4n) is 2.27. The lowest BCUT2D eigenvalue weighted by Gasteiger charge is -2.07. The number of nitrogens with zero attached hydrogens (tertiary/aromatic N) is 2. The van der Waals surface area contributed by atoms with E-state index in [2.05, 4.69) is 30.6 Å². The summed E-state index contributed by atoms with van der Waals surface area (Å²) in [5.41, 5.74) is 1.70. The molecule has 1 aromatic heterocycles. The van der Waals surface area contributed by atoms with Crippen molar-refractivity contribution in [1.82, 2.24) is 9.36 Å². The molecular weight excluding hydrogens is 430 g/mol. The number of benzene rings is 2. The number of ether oxygens (including phenoxy) is 2. The lowest BCUT2D eigenvalue weighted by atomic mass is 10.2. The Kier molecular flexibility index (Phi) is 6.20. The molecule has 0 aliphatic heterocycles. The molecule has 3 rings (SSSR count). The Morgan fingerprint density at radius 1 is 1.11 bits per heavy atom. The van der Waals surface area contributed by atoms with E-state index < -0.39 is 0 Å². The van der Waals surface area contributed by atoms with Crippen molar-refractivity contribution in [2.45, 2.75) is 0 Å². The van der Waals surface area contributed by atoms with E-state index in [-0.39, 0.29) is 5.91 Å². The van der Waals surface area contributed by atoms with Crippen LogP contribution in [0.2, 0.25) is 0 Å². The van der Waals surface area contributed by atoms with Crippen LogP contribution in [0.3, 0.4) is 0 Å². The molecule has 2 aromatic carbocycles. The molecule has 1 amide bonds. The highest BCUT2D eigenvalue weighted by molar-refractivity contribution is 9.10. The number of amides is 1. The van der Waals surface area contributed by atoms with Crippen LogP contribution in [0.1, 0.15) is 5.56 Å².